The number of hydrogen-bond donors (Lipinski definition) is 1. The molecule has 0 bridgehead atoms. The van der Waals surface area contributed by atoms with Gasteiger partial charge in [-0.2, -0.15) is 0 Å². The van der Waals surface area contributed by atoms with Gasteiger partial charge in [0.25, 0.3) is 0 Å². The molecule has 0 saturated heterocycles. The minimum atomic E-state index is -0.0385. The van der Waals surface area contributed by atoms with Crippen LogP contribution in [0.15, 0.2) is 24.3 Å². The number of benzene rings is 1. The molecule has 1 nitrogen and oxygen atoms in total. The molecule has 2 fully saturated rings. The third-order valence-electron chi connectivity index (χ3n) is 3.96. The highest BCUT2D eigenvalue weighted by Crippen LogP contribution is 2.64. The zero-order valence-corrected chi connectivity index (χ0v) is 8.80. The Morgan fingerprint density at radius 1 is 1.29 bits per heavy atom. The van der Waals surface area contributed by atoms with Crippen LogP contribution in [0, 0.1) is 11.8 Å². The lowest BCUT2D eigenvalue weighted by Gasteiger charge is -2.15. The molecule has 3 rings (SSSR count). The first-order valence-electron chi connectivity index (χ1n) is 5.28. The van der Waals surface area contributed by atoms with E-state index < -0.39 is 0 Å². The van der Waals surface area contributed by atoms with E-state index in [1.807, 2.05) is 18.2 Å². The minimum absolute atomic E-state index is 0.0385. The predicted octanol–water partition coefficient (Wildman–Crippen LogP) is 2.92. The average Bonchev–Trinajstić information content (AvgIpc) is 2.62. The maximum atomic E-state index is 6.43. The summed E-state index contributed by atoms with van der Waals surface area (Å²) in [6.07, 6.45) is 3.95. The monoisotopic (exact) mass is 207 g/mol. The maximum Gasteiger partial charge on any atom is 0.0474 e. The summed E-state index contributed by atoms with van der Waals surface area (Å²) >= 11 is 5.98. The molecular weight excluding hydrogens is 194 g/mol. The molecule has 2 unspecified atom stereocenters. The van der Waals surface area contributed by atoms with Crippen molar-refractivity contribution < 1.29 is 0 Å². The van der Waals surface area contributed by atoms with Gasteiger partial charge in [-0.3, -0.25) is 0 Å². The molecular formula is C12H14ClN. The summed E-state index contributed by atoms with van der Waals surface area (Å²) in [4.78, 5) is 0. The highest BCUT2D eigenvalue weighted by Gasteiger charge is 2.64. The van der Waals surface area contributed by atoms with Crippen LogP contribution in [0.25, 0.3) is 0 Å². The minimum Gasteiger partial charge on any atom is -0.321 e. The molecule has 0 spiro atoms. The molecule has 1 aromatic rings. The van der Waals surface area contributed by atoms with E-state index in [4.69, 9.17) is 17.3 Å². The molecule has 0 aliphatic heterocycles. The molecule has 2 N–H and O–H groups in total. The highest BCUT2D eigenvalue weighted by atomic mass is 35.5. The van der Waals surface area contributed by atoms with Gasteiger partial charge in [0.15, 0.2) is 0 Å². The molecule has 0 amide bonds. The van der Waals surface area contributed by atoms with Gasteiger partial charge in [0.05, 0.1) is 0 Å². The van der Waals surface area contributed by atoms with E-state index in [1.54, 1.807) is 0 Å². The highest BCUT2D eigenvalue weighted by molar-refractivity contribution is 6.30. The fraction of sp³-hybridized carbons (Fsp3) is 0.500. The molecule has 2 heteroatoms. The van der Waals surface area contributed by atoms with Crippen molar-refractivity contribution in [3.63, 3.8) is 0 Å². The second-order valence-electron chi connectivity index (χ2n) is 4.59. The molecule has 14 heavy (non-hydrogen) atoms. The van der Waals surface area contributed by atoms with Crippen LogP contribution in [0.2, 0.25) is 5.02 Å². The summed E-state index contributed by atoms with van der Waals surface area (Å²) in [5.74, 6) is 1.45. The van der Waals surface area contributed by atoms with Crippen molar-refractivity contribution in [3.05, 3.63) is 34.9 Å². The van der Waals surface area contributed by atoms with Gasteiger partial charge >= 0.3 is 0 Å². The van der Waals surface area contributed by atoms with Gasteiger partial charge in [0.1, 0.15) is 0 Å². The van der Waals surface area contributed by atoms with Crippen molar-refractivity contribution in [1.29, 1.82) is 0 Å². The van der Waals surface area contributed by atoms with Gasteiger partial charge in [-0.05, 0) is 42.4 Å². The van der Waals surface area contributed by atoms with Gasteiger partial charge < -0.3 is 5.73 Å². The van der Waals surface area contributed by atoms with E-state index in [1.165, 1.54) is 24.8 Å². The largest absolute Gasteiger partial charge is 0.321 e. The molecule has 2 aliphatic rings. The molecule has 2 saturated carbocycles. The Kier molecular flexibility index (Phi) is 1.71. The zero-order valence-electron chi connectivity index (χ0n) is 8.04. The lowest BCUT2D eigenvalue weighted by molar-refractivity contribution is 0.527. The maximum absolute atomic E-state index is 6.43. The van der Waals surface area contributed by atoms with Crippen LogP contribution in [0.3, 0.4) is 0 Å². The van der Waals surface area contributed by atoms with Gasteiger partial charge in [-0.15, -0.1) is 0 Å². The summed E-state index contributed by atoms with van der Waals surface area (Å²) < 4.78 is 0. The van der Waals surface area contributed by atoms with Crippen molar-refractivity contribution >= 4 is 11.6 Å². The number of halogens is 1. The number of hydrogen-bond acceptors (Lipinski definition) is 1. The molecule has 2 aliphatic carbocycles. The van der Waals surface area contributed by atoms with E-state index in [0.717, 1.165) is 16.9 Å². The summed E-state index contributed by atoms with van der Waals surface area (Å²) in [5.41, 5.74) is 7.62. The van der Waals surface area contributed by atoms with Gasteiger partial charge in [-0.1, -0.05) is 30.2 Å². The van der Waals surface area contributed by atoms with Crippen LogP contribution in [-0.4, -0.2) is 0 Å². The standard InChI is InChI=1S/C12H14ClN/c13-9-4-1-3-8(7-9)12(14)10-5-2-6-11(10)12/h1,3-4,7,10-11H,2,5-6,14H2. The smallest absolute Gasteiger partial charge is 0.0474 e. The molecule has 1 aromatic carbocycles. The van der Waals surface area contributed by atoms with Crippen molar-refractivity contribution in [2.24, 2.45) is 17.6 Å². The number of nitrogens with two attached hydrogens (primary N) is 1. The lowest BCUT2D eigenvalue weighted by Crippen LogP contribution is -2.25. The van der Waals surface area contributed by atoms with E-state index in [-0.39, 0.29) is 5.54 Å². The van der Waals surface area contributed by atoms with Crippen molar-refractivity contribution in [2.75, 3.05) is 0 Å². The Balaban J connectivity index is 1.97. The quantitative estimate of drug-likeness (QED) is 0.753. The van der Waals surface area contributed by atoms with Crippen LogP contribution in [-0.2, 0) is 5.54 Å². The van der Waals surface area contributed by atoms with E-state index in [0.29, 0.717) is 0 Å². The van der Waals surface area contributed by atoms with Crippen LogP contribution in [0.1, 0.15) is 24.8 Å². The zero-order chi connectivity index (χ0) is 9.76. The second kappa shape index (κ2) is 2.74. The van der Waals surface area contributed by atoms with Gasteiger partial charge in [0, 0.05) is 10.6 Å². The van der Waals surface area contributed by atoms with Crippen molar-refractivity contribution in [2.45, 2.75) is 24.8 Å². The van der Waals surface area contributed by atoms with E-state index in [9.17, 15) is 0 Å². The fourth-order valence-electron chi connectivity index (χ4n) is 3.19. The SMILES string of the molecule is NC1(c2cccc(Cl)c2)C2CCCC21. The molecule has 2 atom stereocenters. The normalized spacial score (nSPS) is 39.6. The van der Waals surface area contributed by atoms with Crippen LogP contribution >= 0.6 is 11.6 Å². The Morgan fingerprint density at radius 2 is 2.00 bits per heavy atom. The summed E-state index contributed by atoms with van der Waals surface area (Å²) in [5, 5.41) is 0.803. The Hall–Kier alpha value is -0.530. The first-order valence-corrected chi connectivity index (χ1v) is 5.65. The average molecular weight is 208 g/mol. The van der Waals surface area contributed by atoms with E-state index >= 15 is 0 Å². The fourth-order valence-corrected chi connectivity index (χ4v) is 3.38. The molecule has 0 radical (unpaired) electrons. The van der Waals surface area contributed by atoms with Crippen molar-refractivity contribution in [3.8, 4) is 0 Å². The Bertz CT molecular complexity index is 364. The molecule has 74 valence electrons. The van der Waals surface area contributed by atoms with Crippen molar-refractivity contribution in [1.82, 2.24) is 0 Å². The third kappa shape index (κ3) is 0.999. The predicted molar refractivity (Wildman–Crippen MR) is 58.1 cm³/mol. The number of fused-ring (bicyclic) bond motifs is 1. The molecule has 0 heterocycles. The molecule has 0 aromatic heterocycles. The van der Waals surface area contributed by atoms with Crippen LogP contribution < -0.4 is 5.73 Å². The van der Waals surface area contributed by atoms with Crippen LogP contribution in [0.4, 0.5) is 0 Å². The Labute approximate surface area is 89.3 Å². The summed E-state index contributed by atoms with van der Waals surface area (Å²) in [6, 6.07) is 8.05. The number of rotatable bonds is 1. The Morgan fingerprint density at radius 3 is 2.64 bits per heavy atom. The summed E-state index contributed by atoms with van der Waals surface area (Å²) in [6.45, 7) is 0. The van der Waals surface area contributed by atoms with E-state index in [2.05, 4.69) is 6.07 Å². The second-order valence-corrected chi connectivity index (χ2v) is 5.02. The lowest BCUT2D eigenvalue weighted by atomic mass is 9.97. The third-order valence-corrected chi connectivity index (χ3v) is 4.19. The topological polar surface area (TPSA) is 26.0 Å². The summed E-state index contributed by atoms with van der Waals surface area (Å²) in [7, 11) is 0. The van der Waals surface area contributed by atoms with Gasteiger partial charge in [-0.25, -0.2) is 0 Å². The first-order chi connectivity index (χ1) is 6.73. The first kappa shape index (κ1) is 8.75. The van der Waals surface area contributed by atoms with Gasteiger partial charge in [0.2, 0.25) is 0 Å². The van der Waals surface area contributed by atoms with Crippen LogP contribution in [0.5, 0.6) is 0 Å².